The zero-order valence-electron chi connectivity index (χ0n) is 11.2. The van der Waals surface area contributed by atoms with Crippen LogP contribution in [0.4, 0.5) is 0 Å². The molecule has 3 heteroatoms. The summed E-state index contributed by atoms with van der Waals surface area (Å²) in [5.41, 5.74) is 0.936. The van der Waals surface area contributed by atoms with Crippen LogP contribution < -0.4 is 0 Å². The monoisotopic (exact) mass is 267 g/mol. The van der Waals surface area contributed by atoms with Gasteiger partial charge in [-0.3, -0.25) is 4.90 Å². The van der Waals surface area contributed by atoms with E-state index in [0.717, 1.165) is 37.0 Å². The molecule has 1 aromatic rings. The molecule has 1 N–H and O–H groups in total. The van der Waals surface area contributed by atoms with Gasteiger partial charge in [-0.05, 0) is 56.0 Å². The van der Waals surface area contributed by atoms with E-state index in [4.69, 9.17) is 11.6 Å². The van der Waals surface area contributed by atoms with Gasteiger partial charge < -0.3 is 5.11 Å². The summed E-state index contributed by atoms with van der Waals surface area (Å²) in [6, 6.07) is 5.27. The molecule has 0 radical (unpaired) electrons. The summed E-state index contributed by atoms with van der Waals surface area (Å²) in [6.45, 7) is 7.66. The van der Waals surface area contributed by atoms with E-state index in [-0.39, 0.29) is 0 Å². The van der Waals surface area contributed by atoms with Crippen LogP contribution in [0.25, 0.3) is 0 Å². The Morgan fingerprint density at radius 1 is 1.33 bits per heavy atom. The van der Waals surface area contributed by atoms with Crippen molar-refractivity contribution in [3.63, 3.8) is 0 Å². The summed E-state index contributed by atoms with van der Waals surface area (Å²) in [6.07, 6.45) is 2.53. The van der Waals surface area contributed by atoms with Gasteiger partial charge in [-0.15, -0.1) is 0 Å². The van der Waals surface area contributed by atoms with E-state index in [1.807, 2.05) is 6.07 Å². The molecule has 0 saturated carbocycles. The van der Waals surface area contributed by atoms with Crippen molar-refractivity contribution in [1.82, 2.24) is 4.90 Å². The molecule has 1 fully saturated rings. The molecule has 1 heterocycles. The molecule has 18 heavy (non-hydrogen) atoms. The minimum Gasteiger partial charge on any atom is -0.508 e. The van der Waals surface area contributed by atoms with Gasteiger partial charge in [-0.2, -0.15) is 0 Å². The maximum Gasteiger partial charge on any atom is 0.120 e. The average molecular weight is 268 g/mol. The Labute approximate surface area is 115 Å². The molecule has 0 aliphatic carbocycles. The lowest BCUT2D eigenvalue weighted by Gasteiger charge is -2.33. The number of phenolic OH excluding ortho intramolecular Hbond substituents is 1. The molecule has 2 rings (SSSR count). The highest BCUT2D eigenvalue weighted by molar-refractivity contribution is 6.30. The Kier molecular flexibility index (Phi) is 4.52. The van der Waals surface area contributed by atoms with E-state index in [2.05, 4.69) is 18.7 Å². The van der Waals surface area contributed by atoms with Gasteiger partial charge in [0, 0.05) is 17.1 Å². The maximum atomic E-state index is 9.82. The molecule has 0 bridgehead atoms. The van der Waals surface area contributed by atoms with Crippen molar-refractivity contribution in [2.75, 3.05) is 13.1 Å². The van der Waals surface area contributed by atoms with Crippen molar-refractivity contribution in [3.8, 4) is 5.75 Å². The topological polar surface area (TPSA) is 23.5 Å². The SMILES string of the molecule is CC(C)C1CCN(Cc2cc(Cl)ccc2O)CC1. The van der Waals surface area contributed by atoms with Gasteiger partial charge >= 0.3 is 0 Å². The van der Waals surface area contributed by atoms with Crippen LogP contribution in [0, 0.1) is 11.8 Å². The smallest absolute Gasteiger partial charge is 0.120 e. The lowest BCUT2D eigenvalue weighted by Crippen LogP contribution is -2.34. The number of rotatable bonds is 3. The number of nitrogens with zero attached hydrogens (tertiary/aromatic N) is 1. The predicted octanol–water partition coefficient (Wildman–Crippen LogP) is 3.91. The number of hydrogen-bond acceptors (Lipinski definition) is 2. The van der Waals surface area contributed by atoms with Crippen molar-refractivity contribution >= 4 is 11.6 Å². The number of benzene rings is 1. The van der Waals surface area contributed by atoms with Crippen LogP contribution in [0.3, 0.4) is 0 Å². The van der Waals surface area contributed by atoms with Crippen LogP contribution in [-0.4, -0.2) is 23.1 Å². The quantitative estimate of drug-likeness (QED) is 0.897. The first-order valence-electron chi connectivity index (χ1n) is 6.76. The highest BCUT2D eigenvalue weighted by Crippen LogP contribution is 2.28. The normalized spacial score (nSPS) is 18.4. The van der Waals surface area contributed by atoms with Crippen LogP contribution >= 0.6 is 11.6 Å². The second-order valence-corrected chi connectivity index (χ2v) is 6.07. The predicted molar refractivity (Wildman–Crippen MR) is 76.0 cm³/mol. The summed E-state index contributed by atoms with van der Waals surface area (Å²) in [4.78, 5) is 2.41. The van der Waals surface area contributed by atoms with Crippen LogP contribution in [0.5, 0.6) is 5.75 Å². The molecule has 1 aromatic carbocycles. The molecule has 1 aliphatic heterocycles. The molecule has 100 valence electrons. The molecule has 0 atom stereocenters. The van der Waals surface area contributed by atoms with Crippen LogP contribution in [0.2, 0.25) is 5.02 Å². The number of aromatic hydroxyl groups is 1. The van der Waals surface area contributed by atoms with Crippen LogP contribution in [0.15, 0.2) is 18.2 Å². The van der Waals surface area contributed by atoms with E-state index in [1.54, 1.807) is 12.1 Å². The van der Waals surface area contributed by atoms with Crippen molar-refractivity contribution in [1.29, 1.82) is 0 Å². The van der Waals surface area contributed by atoms with E-state index >= 15 is 0 Å². The fourth-order valence-electron chi connectivity index (χ4n) is 2.70. The first-order chi connectivity index (χ1) is 8.56. The molecular weight excluding hydrogens is 246 g/mol. The second kappa shape index (κ2) is 5.94. The first-order valence-corrected chi connectivity index (χ1v) is 7.14. The van der Waals surface area contributed by atoms with Gasteiger partial charge in [-0.1, -0.05) is 25.4 Å². The Morgan fingerprint density at radius 2 is 2.00 bits per heavy atom. The van der Waals surface area contributed by atoms with Crippen molar-refractivity contribution < 1.29 is 5.11 Å². The van der Waals surface area contributed by atoms with Crippen molar-refractivity contribution in [2.24, 2.45) is 11.8 Å². The minimum atomic E-state index is 0.352. The number of halogens is 1. The van der Waals surface area contributed by atoms with Gasteiger partial charge in [0.05, 0.1) is 0 Å². The molecule has 2 nitrogen and oxygen atoms in total. The molecule has 0 amide bonds. The molecule has 0 unspecified atom stereocenters. The number of piperidine rings is 1. The molecule has 0 aromatic heterocycles. The summed E-state index contributed by atoms with van der Waals surface area (Å²) < 4.78 is 0. The van der Waals surface area contributed by atoms with E-state index in [1.165, 1.54) is 12.8 Å². The van der Waals surface area contributed by atoms with Crippen molar-refractivity contribution in [3.05, 3.63) is 28.8 Å². The highest BCUT2D eigenvalue weighted by Gasteiger charge is 2.21. The summed E-state index contributed by atoms with van der Waals surface area (Å²) in [5.74, 6) is 1.99. The zero-order chi connectivity index (χ0) is 13.1. The van der Waals surface area contributed by atoms with E-state index in [0.29, 0.717) is 10.8 Å². The third kappa shape index (κ3) is 3.39. The Balaban J connectivity index is 1.93. The standard InChI is InChI=1S/C15H22ClNO/c1-11(2)12-5-7-17(8-6-12)10-13-9-14(16)3-4-15(13)18/h3-4,9,11-12,18H,5-8,10H2,1-2H3. The van der Waals surface area contributed by atoms with Gasteiger partial charge in [0.25, 0.3) is 0 Å². The summed E-state index contributed by atoms with van der Waals surface area (Å²) in [5, 5.41) is 10.5. The molecule has 1 saturated heterocycles. The van der Waals surface area contributed by atoms with Gasteiger partial charge in [0.2, 0.25) is 0 Å². The van der Waals surface area contributed by atoms with Crippen molar-refractivity contribution in [2.45, 2.75) is 33.2 Å². The minimum absolute atomic E-state index is 0.352. The maximum absolute atomic E-state index is 9.82. The molecule has 1 aliphatic rings. The fourth-order valence-corrected chi connectivity index (χ4v) is 2.89. The van der Waals surface area contributed by atoms with E-state index in [9.17, 15) is 5.11 Å². The number of phenols is 1. The number of hydrogen-bond donors (Lipinski definition) is 1. The molecule has 0 spiro atoms. The Morgan fingerprint density at radius 3 is 2.61 bits per heavy atom. The average Bonchev–Trinajstić information content (AvgIpc) is 2.34. The number of likely N-dealkylation sites (tertiary alicyclic amines) is 1. The Bertz CT molecular complexity index is 397. The first kappa shape index (κ1) is 13.7. The third-order valence-corrected chi connectivity index (χ3v) is 4.25. The van der Waals surface area contributed by atoms with Gasteiger partial charge in [-0.25, -0.2) is 0 Å². The third-order valence-electron chi connectivity index (χ3n) is 4.01. The van der Waals surface area contributed by atoms with Crippen LogP contribution in [0.1, 0.15) is 32.3 Å². The zero-order valence-corrected chi connectivity index (χ0v) is 12.0. The van der Waals surface area contributed by atoms with Gasteiger partial charge in [0.1, 0.15) is 5.75 Å². The van der Waals surface area contributed by atoms with Gasteiger partial charge in [0.15, 0.2) is 0 Å². The summed E-state index contributed by atoms with van der Waals surface area (Å²) >= 11 is 5.97. The Hall–Kier alpha value is -0.730. The lowest BCUT2D eigenvalue weighted by atomic mass is 9.86. The second-order valence-electron chi connectivity index (χ2n) is 5.63. The van der Waals surface area contributed by atoms with E-state index < -0.39 is 0 Å². The highest BCUT2D eigenvalue weighted by atomic mass is 35.5. The summed E-state index contributed by atoms with van der Waals surface area (Å²) in [7, 11) is 0. The fraction of sp³-hybridized carbons (Fsp3) is 0.600. The lowest BCUT2D eigenvalue weighted by molar-refractivity contribution is 0.151. The molecular formula is C15H22ClNO. The largest absolute Gasteiger partial charge is 0.508 e. The van der Waals surface area contributed by atoms with Crippen LogP contribution in [-0.2, 0) is 6.54 Å².